The molecular formula is C21H21BrClF3N6O. The lowest BCUT2D eigenvalue weighted by Crippen LogP contribution is -2.36. The van der Waals surface area contributed by atoms with E-state index in [-0.39, 0.29) is 29.5 Å². The SMILES string of the molecule is Cc1c(CN(C)C(=O)c2nn3c(c2Cl)N[C@H](c2ccc(Br)cc2)C[C@H]3C(F)(F)F)cnn1C. The molecule has 2 atom stereocenters. The first kappa shape index (κ1) is 23.6. The Morgan fingerprint density at radius 1 is 1.33 bits per heavy atom. The van der Waals surface area contributed by atoms with Crippen molar-refractivity contribution in [1.82, 2.24) is 24.5 Å². The summed E-state index contributed by atoms with van der Waals surface area (Å²) in [4.78, 5) is 14.4. The van der Waals surface area contributed by atoms with Crippen LogP contribution in [0.25, 0.3) is 0 Å². The van der Waals surface area contributed by atoms with Crippen molar-refractivity contribution in [2.45, 2.75) is 38.1 Å². The fraction of sp³-hybridized carbons (Fsp3) is 0.381. The largest absolute Gasteiger partial charge is 0.410 e. The summed E-state index contributed by atoms with van der Waals surface area (Å²) in [5.41, 5.74) is 2.14. The molecular weight excluding hydrogens is 525 g/mol. The van der Waals surface area contributed by atoms with E-state index >= 15 is 0 Å². The number of aryl methyl sites for hydroxylation is 1. The van der Waals surface area contributed by atoms with Crippen molar-refractivity contribution in [3.05, 3.63) is 62.5 Å². The molecule has 1 aliphatic rings. The van der Waals surface area contributed by atoms with Gasteiger partial charge in [0.1, 0.15) is 10.8 Å². The van der Waals surface area contributed by atoms with E-state index in [4.69, 9.17) is 11.6 Å². The minimum atomic E-state index is -4.57. The summed E-state index contributed by atoms with van der Waals surface area (Å²) in [6, 6.07) is 4.43. The first-order valence-corrected chi connectivity index (χ1v) is 11.2. The van der Waals surface area contributed by atoms with Crippen molar-refractivity contribution < 1.29 is 18.0 Å². The molecule has 7 nitrogen and oxygen atoms in total. The number of nitrogens with one attached hydrogen (secondary N) is 1. The Morgan fingerprint density at radius 3 is 2.58 bits per heavy atom. The number of alkyl halides is 3. The molecule has 0 fully saturated rings. The van der Waals surface area contributed by atoms with Gasteiger partial charge in [-0.15, -0.1) is 0 Å². The number of rotatable bonds is 4. The summed E-state index contributed by atoms with van der Waals surface area (Å²) in [5.74, 6) is -0.597. The minimum absolute atomic E-state index is 0.0209. The average molecular weight is 546 g/mol. The summed E-state index contributed by atoms with van der Waals surface area (Å²) < 4.78 is 45.2. The van der Waals surface area contributed by atoms with Crippen LogP contribution in [0.5, 0.6) is 0 Å². The van der Waals surface area contributed by atoms with Crippen LogP contribution in [0.2, 0.25) is 5.02 Å². The van der Waals surface area contributed by atoms with Crippen LogP contribution in [0.1, 0.15) is 45.8 Å². The van der Waals surface area contributed by atoms with Crippen molar-refractivity contribution >= 4 is 39.3 Å². The number of aromatic nitrogens is 4. The van der Waals surface area contributed by atoms with Crippen molar-refractivity contribution in [2.75, 3.05) is 12.4 Å². The van der Waals surface area contributed by atoms with E-state index in [2.05, 4.69) is 31.4 Å². The molecule has 1 aromatic carbocycles. The van der Waals surface area contributed by atoms with Crippen LogP contribution in [0.15, 0.2) is 34.9 Å². The van der Waals surface area contributed by atoms with Gasteiger partial charge in [-0.05, 0) is 24.6 Å². The van der Waals surface area contributed by atoms with Crippen LogP contribution >= 0.6 is 27.5 Å². The number of halogens is 5. The Morgan fingerprint density at radius 2 is 2.00 bits per heavy atom. The molecule has 0 bridgehead atoms. The fourth-order valence-corrected chi connectivity index (χ4v) is 4.37. The van der Waals surface area contributed by atoms with E-state index in [1.807, 2.05) is 6.92 Å². The van der Waals surface area contributed by atoms with Gasteiger partial charge < -0.3 is 10.2 Å². The Balaban J connectivity index is 1.67. The van der Waals surface area contributed by atoms with Crippen LogP contribution in [0.4, 0.5) is 19.0 Å². The summed E-state index contributed by atoms with van der Waals surface area (Å²) in [6.45, 7) is 2.08. The predicted molar refractivity (Wildman–Crippen MR) is 121 cm³/mol. The first-order valence-electron chi connectivity index (χ1n) is 10.1. The second kappa shape index (κ2) is 8.68. The zero-order valence-corrected chi connectivity index (χ0v) is 20.3. The maximum atomic E-state index is 14.0. The van der Waals surface area contributed by atoms with Gasteiger partial charge in [0.25, 0.3) is 5.91 Å². The van der Waals surface area contributed by atoms with Crippen molar-refractivity contribution in [3.8, 4) is 0 Å². The number of carbonyl (C=O) groups is 1. The molecule has 2 aromatic heterocycles. The Hall–Kier alpha value is -2.53. The van der Waals surface area contributed by atoms with Gasteiger partial charge in [0.2, 0.25) is 0 Å². The monoisotopic (exact) mass is 544 g/mol. The van der Waals surface area contributed by atoms with E-state index in [0.717, 1.165) is 20.4 Å². The lowest BCUT2D eigenvalue weighted by Gasteiger charge is -2.33. The van der Waals surface area contributed by atoms with E-state index in [9.17, 15) is 18.0 Å². The zero-order chi connectivity index (χ0) is 24.1. The molecule has 0 saturated heterocycles. The highest BCUT2D eigenvalue weighted by atomic mass is 79.9. The molecule has 0 spiro atoms. The molecule has 1 N–H and O–H groups in total. The Labute approximate surface area is 201 Å². The molecule has 1 aliphatic heterocycles. The smallest absolute Gasteiger partial charge is 0.362 e. The highest BCUT2D eigenvalue weighted by molar-refractivity contribution is 9.10. The number of nitrogens with zero attached hydrogens (tertiary/aromatic N) is 5. The van der Waals surface area contributed by atoms with Gasteiger partial charge in [-0.1, -0.05) is 39.7 Å². The van der Waals surface area contributed by atoms with Gasteiger partial charge in [-0.25, -0.2) is 4.68 Å². The third-order valence-electron chi connectivity index (χ3n) is 5.86. The lowest BCUT2D eigenvalue weighted by atomic mass is 9.97. The summed E-state index contributed by atoms with van der Waals surface area (Å²) >= 11 is 9.76. The summed E-state index contributed by atoms with van der Waals surface area (Å²) in [5, 5.41) is 11.1. The molecule has 176 valence electrons. The van der Waals surface area contributed by atoms with Gasteiger partial charge in [-0.2, -0.15) is 23.4 Å². The van der Waals surface area contributed by atoms with E-state index < -0.39 is 24.2 Å². The number of benzene rings is 1. The first-order chi connectivity index (χ1) is 15.5. The van der Waals surface area contributed by atoms with Crippen LogP contribution in [0.3, 0.4) is 0 Å². The third kappa shape index (κ3) is 4.48. The number of carbonyl (C=O) groups excluding carboxylic acids is 1. The van der Waals surface area contributed by atoms with Crippen LogP contribution in [0, 0.1) is 6.92 Å². The molecule has 1 amide bonds. The molecule has 0 radical (unpaired) electrons. The van der Waals surface area contributed by atoms with Crippen molar-refractivity contribution in [1.29, 1.82) is 0 Å². The van der Waals surface area contributed by atoms with Crippen LogP contribution in [-0.4, -0.2) is 43.6 Å². The normalized spacial score (nSPS) is 18.1. The Kier molecular flexibility index (Phi) is 6.21. The van der Waals surface area contributed by atoms with Crippen LogP contribution in [-0.2, 0) is 13.6 Å². The quantitative estimate of drug-likeness (QED) is 0.485. The lowest BCUT2D eigenvalue weighted by molar-refractivity contribution is -0.173. The summed E-state index contributed by atoms with van der Waals surface area (Å²) in [6.07, 6.45) is -3.21. The molecule has 3 aromatic rings. The van der Waals surface area contributed by atoms with E-state index in [0.29, 0.717) is 5.56 Å². The van der Waals surface area contributed by atoms with Gasteiger partial charge in [0.05, 0.1) is 12.2 Å². The number of fused-ring (bicyclic) bond motifs is 1. The summed E-state index contributed by atoms with van der Waals surface area (Å²) in [7, 11) is 3.33. The molecule has 0 aliphatic carbocycles. The predicted octanol–water partition coefficient (Wildman–Crippen LogP) is 5.27. The highest BCUT2D eigenvalue weighted by Crippen LogP contribution is 2.46. The van der Waals surface area contributed by atoms with E-state index in [1.165, 1.54) is 4.90 Å². The topological polar surface area (TPSA) is 68.0 Å². The maximum Gasteiger partial charge on any atom is 0.410 e. The van der Waals surface area contributed by atoms with Gasteiger partial charge in [0, 0.05) is 42.8 Å². The van der Waals surface area contributed by atoms with Crippen LogP contribution < -0.4 is 5.32 Å². The number of anilines is 1. The number of hydrogen-bond donors (Lipinski definition) is 1. The molecule has 0 saturated carbocycles. The molecule has 4 rings (SSSR count). The van der Waals surface area contributed by atoms with Gasteiger partial charge >= 0.3 is 6.18 Å². The zero-order valence-electron chi connectivity index (χ0n) is 18.0. The molecule has 33 heavy (non-hydrogen) atoms. The second-order valence-electron chi connectivity index (χ2n) is 8.04. The van der Waals surface area contributed by atoms with Gasteiger partial charge in [0.15, 0.2) is 11.7 Å². The Bertz CT molecular complexity index is 1190. The fourth-order valence-electron chi connectivity index (χ4n) is 3.85. The second-order valence-corrected chi connectivity index (χ2v) is 9.33. The number of amides is 1. The maximum absolute atomic E-state index is 14.0. The molecule has 0 unspecified atom stereocenters. The van der Waals surface area contributed by atoms with Crippen molar-refractivity contribution in [2.24, 2.45) is 7.05 Å². The average Bonchev–Trinajstić information content (AvgIpc) is 3.26. The van der Waals surface area contributed by atoms with E-state index in [1.54, 1.807) is 49.2 Å². The standard InChI is InChI=1S/C21H21BrClF3N6O/c1-11-13(9-27-31(11)3)10-30(2)20(33)18-17(23)19-28-15(12-4-6-14(22)7-5-12)8-16(21(24,25)26)32(19)29-18/h4-7,9,15-16,28H,8,10H2,1-3H3/t15-,16-/m0/s1. The molecule has 3 heterocycles. The van der Waals surface area contributed by atoms with Gasteiger partial charge in [-0.3, -0.25) is 9.48 Å². The number of hydrogen-bond acceptors (Lipinski definition) is 4. The minimum Gasteiger partial charge on any atom is -0.362 e. The molecule has 12 heteroatoms. The highest BCUT2D eigenvalue weighted by Gasteiger charge is 2.48. The van der Waals surface area contributed by atoms with Crippen molar-refractivity contribution in [3.63, 3.8) is 0 Å². The third-order valence-corrected chi connectivity index (χ3v) is 6.75.